The second-order valence-corrected chi connectivity index (χ2v) is 10.8. The number of amides is 2. The summed E-state index contributed by atoms with van der Waals surface area (Å²) in [5.41, 5.74) is 0.872. The molecule has 1 aliphatic carbocycles. The molecule has 1 aromatic carbocycles. The first-order valence-electron chi connectivity index (χ1n) is 11.3. The number of likely N-dealkylation sites (tertiary alicyclic amines) is 1. The highest BCUT2D eigenvalue weighted by molar-refractivity contribution is 7.55. The van der Waals surface area contributed by atoms with Gasteiger partial charge in [0.05, 0.1) is 25.0 Å². The number of hydrogen-bond acceptors (Lipinski definition) is 6. The molecule has 31 heavy (non-hydrogen) atoms. The Morgan fingerprint density at radius 2 is 1.68 bits per heavy atom. The number of carbonyl (C=O) groups excluding carboxylic acids is 2. The Hall–Kier alpha value is -1.82. The molecule has 1 saturated carbocycles. The van der Waals surface area contributed by atoms with E-state index >= 15 is 0 Å². The molecule has 2 heterocycles. The first-order chi connectivity index (χ1) is 15.0. The second-order valence-electron chi connectivity index (χ2n) is 8.49. The number of carbonyl (C=O) groups is 2. The van der Waals surface area contributed by atoms with E-state index in [1.54, 1.807) is 13.8 Å². The van der Waals surface area contributed by atoms with Gasteiger partial charge in [0, 0.05) is 18.7 Å². The number of imide groups is 1. The van der Waals surface area contributed by atoms with Gasteiger partial charge in [0.2, 0.25) is 11.8 Å². The highest BCUT2D eigenvalue weighted by Crippen LogP contribution is 2.68. The zero-order chi connectivity index (χ0) is 22.1. The van der Waals surface area contributed by atoms with Gasteiger partial charge in [-0.3, -0.25) is 24.0 Å². The van der Waals surface area contributed by atoms with Crippen LogP contribution in [0.4, 0.5) is 0 Å². The molecule has 0 radical (unpaired) electrons. The third kappa shape index (κ3) is 3.71. The third-order valence-corrected chi connectivity index (χ3v) is 9.36. The van der Waals surface area contributed by atoms with Crippen molar-refractivity contribution >= 4 is 25.6 Å². The maximum atomic E-state index is 14.2. The summed E-state index contributed by atoms with van der Waals surface area (Å²) in [5.74, 6) is -2.09. The van der Waals surface area contributed by atoms with Crippen LogP contribution in [-0.4, -0.2) is 47.5 Å². The fourth-order valence-electron chi connectivity index (χ4n) is 5.33. The van der Waals surface area contributed by atoms with Crippen molar-refractivity contribution in [1.82, 2.24) is 4.90 Å². The van der Waals surface area contributed by atoms with Gasteiger partial charge in [0.1, 0.15) is 0 Å². The predicted octanol–water partition coefficient (Wildman–Crippen LogP) is 4.21. The number of aliphatic imine (C=N–C) groups is 1. The average molecular weight is 446 g/mol. The van der Waals surface area contributed by atoms with Crippen molar-refractivity contribution in [2.45, 2.75) is 63.7 Å². The molecule has 168 valence electrons. The molecule has 3 unspecified atom stereocenters. The van der Waals surface area contributed by atoms with Crippen LogP contribution in [0.5, 0.6) is 0 Å². The summed E-state index contributed by atoms with van der Waals surface area (Å²) in [5, 5.41) is -1.44. The van der Waals surface area contributed by atoms with E-state index in [4.69, 9.17) is 9.05 Å². The van der Waals surface area contributed by atoms with Crippen LogP contribution in [0.1, 0.15) is 51.5 Å². The number of hydrogen-bond donors (Lipinski definition) is 0. The van der Waals surface area contributed by atoms with Crippen molar-refractivity contribution in [3.8, 4) is 0 Å². The molecule has 0 N–H and O–H groups in total. The normalized spacial score (nSPS) is 29.0. The summed E-state index contributed by atoms with van der Waals surface area (Å²) in [7, 11) is -3.86. The summed E-state index contributed by atoms with van der Waals surface area (Å²) >= 11 is 0. The van der Waals surface area contributed by atoms with Crippen molar-refractivity contribution in [3.63, 3.8) is 0 Å². The lowest BCUT2D eigenvalue weighted by molar-refractivity contribution is -0.143. The maximum absolute atomic E-state index is 14.2. The fraction of sp³-hybridized carbons (Fsp3) is 0.609. The monoisotopic (exact) mass is 446 g/mol. The van der Waals surface area contributed by atoms with Crippen molar-refractivity contribution in [3.05, 3.63) is 35.9 Å². The highest BCUT2D eigenvalue weighted by atomic mass is 31.2. The van der Waals surface area contributed by atoms with Crippen LogP contribution in [0, 0.1) is 11.8 Å². The first kappa shape index (κ1) is 22.4. The van der Waals surface area contributed by atoms with E-state index in [2.05, 4.69) is 4.99 Å². The molecule has 1 saturated heterocycles. The fourth-order valence-corrected chi connectivity index (χ4v) is 7.73. The van der Waals surface area contributed by atoms with Crippen LogP contribution in [0.15, 0.2) is 35.3 Å². The Labute approximate surface area is 183 Å². The molecule has 3 atom stereocenters. The highest BCUT2D eigenvalue weighted by Gasteiger charge is 2.69. The molecular formula is C23H31N2O5P. The molecule has 7 nitrogen and oxygen atoms in total. The number of rotatable bonds is 8. The van der Waals surface area contributed by atoms with Crippen molar-refractivity contribution < 1.29 is 23.2 Å². The van der Waals surface area contributed by atoms with Crippen molar-refractivity contribution in [2.24, 2.45) is 16.8 Å². The molecule has 0 spiro atoms. The smallest absolute Gasteiger partial charge is 0.307 e. The summed E-state index contributed by atoms with van der Waals surface area (Å²) < 4.78 is 25.7. The van der Waals surface area contributed by atoms with Gasteiger partial charge in [-0.2, -0.15) is 0 Å². The molecule has 0 bridgehead atoms. The molecule has 1 aromatic rings. The van der Waals surface area contributed by atoms with E-state index < -0.39 is 24.7 Å². The van der Waals surface area contributed by atoms with Crippen LogP contribution in [0.25, 0.3) is 0 Å². The Kier molecular flexibility index (Phi) is 6.47. The number of benzene rings is 1. The molecule has 0 aromatic heterocycles. The van der Waals surface area contributed by atoms with Crippen LogP contribution in [0.2, 0.25) is 0 Å². The maximum Gasteiger partial charge on any atom is 0.359 e. The van der Waals surface area contributed by atoms with Gasteiger partial charge in [-0.05, 0) is 32.3 Å². The average Bonchev–Trinajstić information content (AvgIpc) is 3.27. The minimum absolute atomic E-state index is 0.0826. The standard InChI is InChI=1S/C23H31N2O5P/c1-3-29-31(28,30-4-2)23(15-17-11-7-5-8-12-17)20-19(16-24-23)21(26)25(22(20)27)18-13-9-6-10-14-18/h5,7-8,11-12,16,18-20H,3-4,6,9-10,13-15H2,1-2H3. The minimum Gasteiger partial charge on any atom is -0.307 e. The van der Waals surface area contributed by atoms with Gasteiger partial charge in [-0.25, -0.2) is 0 Å². The van der Waals surface area contributed by atoms with E-state index in [-0.39, 0.29) is 37.5 Å². The van der Waals surface area contributed by atoms with Gasteiger partial charge in [0.25, 0.3) is 0 Å². The number of nitrogens with zero attached hydrogens (tertiary/aromatic N) is 2. The van der Waals surface area contributed by atoms with Crippen LogP contribution in [0.3, 0.4) is 0 Å². The lowest BCUT2D eigenvalue weighted by Crippen LogP contribution is -2.46. The summed E-state index contributed by atoms with van der Waals surface area (Å²) in [6.45, 7) is 3.81. The second kappa shape index (κ2) is 8.97. The van der Waals surface area contributed by atoms with E-state index in [9.17, 15) is 14.2 Å². The van der Waals surface area contributed by atoms with Crippen LogP contribution < -0.4 is 0 Å². The van der Waals surface area contributed by atoms with E-state index in [0.717, 1.165) is 37.7 Å². The van der Waals surface area contributed by atoms with Crippen LogP contribution >= 0.6 is 7.60 Å². The molecular weight excluding hydrogens is 415 g/mol. The number of fused-ring (bicyclic) bond motifs is 1. The van der Waals surface area contributed by atoms with Gasteiger partial charge in [0.15, 0.2) is 5.28 Å². The first-order valence-corrected chi connectivity index (χ1v) is 12.9. The molecule has 4 rings (SSSR count). The predicted molar refractivity (Wildman–Crippen MR) is 118 cm³/mol. The quantitative estimate of drug-likeness (QED) is 0.441. The molecule has 8 heteroatoms. The van der Waals surface area contributed by atoms with Crippen molar-refractivity contribution in [2.75, 3.05) is 13.2 Å². The third-order valence-electron chi connectivity index (χ3n) is 6.66. The molecule has 3 aliphatic rings. The van der Waals surface area contributed by atoms with Gasteiger partial charge in [-0.15, -0.1) is 0 Å². The Bertz CT molecular complexity index is 888. The van der Waals surface area contributed by atoms with Gasteiger partial charge in [-0.1, -0.05) is 49.6 Å². The minimum atomic E-state index is -3.86. The Morgan fingerprint density at radius 1 is 1.03 bits per heavy atom. The lowest BCUT2D eigenvalue weighted by atomic mass is 9.88. The molecule has 2 amide bonds. The zero-order valence-corrected chi connectivity index (χ0v) is 19.1. The summed E-state index contributed by atoms with van der Waals surface area (Å²) in [6, 6.07) is 9.42. The molecule has 2 fully saturated rings. The van der Waals surface area contributed by atoms with Gasteiger partial charge < -0.3 is 9.05 Å². The van der Waals surface area contributed by atoms with E-state index in [1.807, 2.05) is 30.3 Å². The topological polar surface area (TPSA) is 85.3 Å². The van der Waals surface area contributed by atoms with Crippen LogP contribution in [-0.2, 0) is 29.6 Å². The lowest BCUT2D eigenvalue weighted by Gasteiger charge is -2.38. The summed E-state index contributed by atoms with van der Waals surface area (Å²) in [4.78, 5) is 33.1. The summed E-state index contributed by atoms with van der Waals surface area (Å²) in [6.07, 6.45) is 6.54. The van der Waals surface area contributed by atoms with E-state index in [1.165, 1.54) is 11.1 Å². The Morgan fingerprint density at radius 3 is 2.29 bits per heavy atom. The van der Waals surface area contributed by atoms with E-state index in [0.29, 0.717) is 0 Å². The Balaban J connectivity index is 1.78. The SMILES string of the molecule is CCOP(=O)(OCC)C1(Cc2ccccc2)N=CC2C(=O)N(C3CCCCC3)C(=O)C21. The molecule has 2 aliphatic heterocycles. The largest absolute Gasteiger partial charge is 0.359 e. The zero-order valence-electron chi connectivity index (χ0n) is 18.2. The van der Waals surface area contributed by atoms with Gasteiger partial charge >= 0.3 is 7.60 Å². The van der Waals surface area contributed by atoms with Crippen molar-refractivity contribution in [1.29, 1.82) is 0 Å².